The minimum absolute atomic E-state index is 0.00994. The van der Waals surface area contributed by atoms with Crippen molar-refractivity contribution in [2.24, 2.45) is 0 Å². The summed E-state index contributed by atoms with van der Waals surface area (Å²) in [7, 11) is -3.07. The minimum Gasteiger partial charge on any atom is -0.486 e. The number of Topliss-reactive ketones (excluding diaryl/α,β-unsaturated/α-hetero) is 1. The third-order valence-corrected chi connectivity index (χ3v) is 7.92. The summed E-state index contributed by atoms with van der Waals surface area (Å²) in [5, 5.41) is 2.67. The molecule has 4 rings (SSSR count). The van der Waals surface area contributed by atoms with Crippen LogP contribution in [0.3, 0.4) is 0 Å². The Hall–Kier alpha value is -2.62. The van der Waals surface area contributed by atoms with Crippen molar-refractivity contribution in [2.45, 2.75) is 44.2 Å². The molecule has 10 heteroatoms. The molecule has 1 aromatic carbocycles. The molecule has 1 atom stereocenters. The van der Waals surface area contributed by atoms with Crippen LogP contribution in [-0.2, 0) is 19.4 Å². The van der Waals surface area contributed by atoms with Crippen molar-refractivity contribution in [2.75, 3.05) is 31.2 Å². The first-order chi connectivity index (χ1) is 14.6. The third kappa shape index (κ3) is 4.84. The van der Waals surface area contributed by atoms with Gasteiger partial charge in [0.05, 0.1) is 23.5 Å². The van der Waals surface area contributed by atoms with E-state index >= 15 is 0 Å². The quantitative estimate of drug-likeness (QED) is 0.718. The number of benzene rings is 1. The van der Waals surface area contributed by atoms with Gasteiger partial charge in [-0.15, -0.1) is 0 Å². The van der Waals surface area contributed by atoms with Crippen molar-refractivity contribution in [1.82, 2.24) is 10.2 Å². The van der Waals surface area contributed by atoms with Crippen LogP contribution in [0.4, 0.5) is 0 Å². The van der Waals surface area contributed by atoms with E-state index in [0.29, 0.717) is 49.4 Å². The maximum atomic E-state index is 12.7. The second-order valence-corrected chi connectivity index (χ2v) is 10.7. The van der Waals surface area contributed by atoms with E-state index in [0.717, 1.165) is 0 Å². The number of amides is 2. The molecule has 3 aliphatic heterocycles. The number of ether oxygens (including phenoxy) is 2. The maximum Gasteiger partial charge on any atom is 0.258 e. The molecule has 0 radical (unpaired) electrons. The van der Waals surface area contributed by atoms with Crippen LogP contribution in [0.25, 0.3) is 0 Å². The molecule has 1 unspecified atom stereocenters. The normalized spacial score (nSPS) is 23.7. The summed E-state index contributed by atoms with van der Waals surface area (Å²) in [5.74, 6) is 0.458. The lowest BCUT2D eigenvalue weighted by molar-refractivity contribution is -0.132. The third-order valence-electron chi connectivity index (χ3n) is 6.15. The molecule has 168 valence electrons. The van der Waals surface area contributed by atoms with E-state index < -0.39 is 21.3 Å². The lowest BCUT2D eigenvalue weighted by atomic mass is 9.82. The molecule has 1 aromatic rings. The average molecular weight is 451 g/mol. The van der Waals surface area contributed by atoms with Crippen LogP contribution in [-0.4, -0.2) is 73.8 Å². The van der Waals surface area contributed by atoms with Gasteiger partial charge < -0.3 is 19.7 Å². The van der Waals surface area contributed by atoms with Crippen molar-refractivity contribution in [3.05, 3.63) is 23.8 Å². The number of piperidine rings is 1. The van der Waals surface area contributed by atoms with Gasteiger partial charge in [-0.2, -0.15) is 0 Å². The zero-order valence-electron chi connectivity index (χ0n) is 17.4. The van der Waals surface area contributed by atoms with E-state index in [-0.39, 0.29) is 42.3 Å². The molecule has 0 aromatic heterocycles. The molecular formula is C21H26N2O7S. The summed E-state index contributed by atoms with van der Waals surface area (Å²) in [6.07, 6.45) is 1.84. The zero-order valence-corrected chi connectivity index (χ0v) is 18.2. The minimum atomic E-state index is -3.07. The topological polar surface area (TPSA) is 119 Å². The molecule has 2 amide bonds. The predicted octanol–water partition coefficient (Wildman–Crippen LogP) is 0.715. The number of nitrogens with zero attached hydrogens (tertiary/aromatic N) is 1. The Balaban J connectivity index is 1.38. The number of hydrogen-bond donors (Lipinski definition) is 1. The lowest BCUT2D eigenvalue weighted by Gasteiger charge is -2.43. The summed E-state index contributed by atoms with van der Waals surface area (Å²) in [6, 6.07) is 4.47. The van der Waals surface area contributed by atoms with Crippen LogP contribution in [0, 0.1) is 0 Å². The Labute approximate surface area is 181 Å². The highest BCUT2D eigenvalue weighted by molar-refractivity contribution is 7.91. The molecule has 9 nitrogen and oxygen atoms in total. The molecule has 31 heavy (non-hydrogen) atoms. The highest BCUT2D eigenvalue weighted by Gasteiger charge is 2.43. The van der Waals surface area contributed by atoms with Gasteiger partial charge in [-0.3, -0.25) is 14.4 Å². The van der Waals surface area contributed by atoms with Crippen molar-refractivity contribution in [1.29, 1.82) is 0 Å². The standard InChI is InChI=1S/C21H26N2O7S/c1-14(24)23-7-5-21(6-8-23)11-18(25)17-3-2-16(10-19(17)30-21)29-12-20(26)22-15-4-9-31(27,28)13-15/h2-3,10,15H,4-9,11-13H2,1H3,(H,22,26). The Morgan fingerprint density at radius 2 is 2.03 bits per heavy atom. The fraction of sp³-hybridized carbons (Fsp3) is 0.571. The summed E-state index contributed by atoms with van der Waals surface area (Å²) in [4.78, 5) is 38.1. The van der Waals surface area contributed by atoms with Crippen LogP contribution >= 0.6 is 0 Å². The first-order valence-electron chi connectivity index (χ1n) is 10.4. The van der Waals surface area contributed by atoms with Crippen LogP contribution in [0.2, 0.25) is 0 Å². The second kappa shape index (κ2) is 8.14. The van der Waals surface area contributed by atoms with E-state index in [1.807, 2.05) is 0 Å². The van der Waals surface area contributed by atoms with Gasteiger partial charge in [0.1, 0.15) is 17.1 Å². The average Bonchev–Trinajstić information content (AvgIpc) is 3.04. The van der Waals surface area contributed by atoms with E-state index in [1.54, 1.807) is 23.1 Å². The van der Waals surface area contributed by atoms with Gasteiger partial charge in [-0.05, 0) is 18.6 Å². The van der Waals surface area contributed by atoms with Crippen LogP contribution in [0.1, 0.15) is 43.0 Å². The fourth-order valence-corrected chi connectivity index (χ4v) is 6.07. The summed E-state index contributed by atoms with van der Waals surface area (Å²) >= 11 is 0. The number of nitrogens with one attached hydrogen (secondary N) is 1. The van der Waals surface area contributed by atoms with Gasteiger partial charge in [0.2, 0.25) is 5.91 Å². The van der Waals surface area contributed by atoms with Crippen molar-refractivity contribution in [3.8, 4) is 11.5 Å². The van der Waals surface area contributed by atoms with E-state index in [1.165, 1.54) is 6.92 Å². The monoisotopic (exact) mass is 450 g/mol. The van der Waals surface area contributed by atoms with E-state index in [2.05, 4.69) is 5.32 Å². The van der Waals surface area contributed by atoms with Crippen molar-refractivity contribution in [3.63, 3.8) is 0 Å². The van der Waals surface area contributed by atoms with Gasteiger partial charge in [0, 0.05) is 45.0 Å². The molecule has 0 aliphatic carbocycles. The summed E-state index contributed by atoms with van der Waals surface area (Å²) < 4.78 is 34.8. The molecule has 1 N–H and O–H groups in total. The Bertz CT molecular complexity index is 1010. The number of carbonyl (C=O) groups is 3. The molecule has 3 aliphatic rings. The highest BCUT2D eigenvalue weighted by atomic mass is 32.2. The van der Waals surface area contributed by atoms with Gasteiger partial charge in [-0.25, -0.2) is 8.42 Å². The number of fused-ring (bicyclic) bond motifs is 1. The van der Waals surface area contributed by atoms with Gasteiger partial charge >= 0.3 is 0 Å². The second-order valence-electron chi connectivity index (χ2n) is 8.51. The number of rotatable bonds is 4. The smallest absolute Gasteiger partial charge is 0.258 e. The van der Waals surface area contributed by atoms with E-state index in [4.69, 9.17) is 9.47 Å². The lowest BCUT2D eigenvalue weighted by Crippen LogP contribution is -2.51. The molecule has 2 fully saturated rings. The highest BCUT2D eigenvalue weighted by Crippen LogP contribution is 2.40. The first kappa shape index (κ1) is 21.6. The van der Waals surface area contributed by atoms with Crippen LogP contribution in [0.15, 0.2) is 18.2 Å². The van der Waals surface area contributed by atoms with Gasteiger partial charge in [0.25, 0.3) is 5.91 Å². The molecule has 0 bridgehead atoms. The molecule has 2 saturated heterocycles. The van der Waals surface area contributed by atoms with Crippen molar-refractivity contribution < 1.29 is 32.3 Å². The Morgan fingerprint density at radius 3 is 2.68 bits per heavy atom. The molecule has 3 heterocycles. The molecule has 1 spiro atoms. The largest absolute Gasteiger partial charge is 0.486 e. The van der Waals surface area contributed by atoms with Crippen molar-refractivity contribution >= 4 is 27.4 Å². The number of hydrogen-bond acceptors (Lipinski definition) is 7. The molecular weight excluding hydrogens is 424 g/mol. The zero-order chi connectivity index (χ0) is 22.2. The molecule has 0 saturated carbocycles. The number of carbonyl (C=O) groups excluding carboxylic acids is 3. The maximum absolute atomic E-state index is 12.7. The van der Waals surface area contributed by atoms with Crippen LogP contribution in [0.5, 0.6) is 11.5 Å². The SMILES string of the molecule is CC(=O)N1CCC2(CC1)CC(=O)c1ccc(OCC(=O)NC3CCS(=O)(=O)C3)cc1O2. The van der Waals surface area contributed by atoms with Crippen LogP contribution < -0.4 is 14.8 Å². The van der Waals surface area contributed by atoms with E-state index in [9.17, 15) is 22.8 Å². The number of sulfone groups is 1. The first-order valence-corrected chi connectivity index (χ1v) is 12.2. The van der Waals surface area contributed by atoms with Gasteiger partial charge in [0.15, 0.2) is 22.2 Å². The van der Waals surface area contributed by atoms with Gasteiger partial charge in [-0.1, -0.05) is 0 Å². The predicted molar refractivity (Wildman–Crippen MR) is 111 cm³/mol. The number of likely N-dealkylation sites (tertiary alicyclic amines) is 1. The Morgan fingerprint density at radius 1 is 1.29 bits per heavy atom. The fourth-order valence-electron chi connectivity index (χ4n) is 4.40. The number of ketones is 1. The summed E-state index contributed by atoms with van der Waals surface area (Å²) in [5.41, 5.74) is -0.146. The summed E-state index contributed by atoms with van der Waals surface area (Å²) in [6.45, 7) is 2.37. The Kier molecular flexibility index (Phi) is 5.67.